The first-order valence-corrected chi connectivity index (χ1v) is 13.1. The fourth-order valence-electron chi connectivity index (χ4n) is 5.23. The van der Waals surface area contributed by atoms with Gasteiger partial charge in [0.25, 0.3) is 5.91 Å². The van der Waals surface area contributed by atoms with E-state index >= 15 is 0 Å². The zero-order chi connectivity index (χ0) is 26.4. The van der Waals surface area contributed by atoms with Crippen LogP contribution in [0.5, 0.6) is 0 Å². The van der Waals surface area contributed by atoms with Gasteiger partial charge in [-0.25, -0.2) is 4.39 Å². The number of halogens is 1. The minimum absolute atomic E-state index is 0.0755. The quantitative estimate of drug-likeness (QED) is 0.399. The Balaban J connectivity index is 1.35. The molecule has 2 aromatic heterocycles. The molecule has 1 aromatic carbocycles. The number of allylic oxidation sites excluding steroid dienone is 3. The van der Waals surface area contributed by atoms with E-state index in [0.717, 1.165) is 42.5 Å². The number of hydrogen-bond acceptors (Lipinski definition) is 5. The molecule has 0 saturated heterocycles. The van der Waals surface area contributed by atoms with E-state index in [2.05, 4.69) is 25.8 Å². The number of hydrogen-bond donors (Lipinski definition) is 3. The number of carbonyl (C=O) groups is 2. The molecule has 3 aliphatic rings. The van der Waals surface area contributed by atoms with Gasteiger partial charge in [-0.1, -0.05) is 38.1 Å². The zero-order valence-electron chi connectivity index (χ0n) is 21.5. The monoisotopic (exact) mass is 511 g/mol. The lowest BCUT2D eigenvalue weighted by atomic mass is 9.69. The minimum Gasteiger partial charge on any atom is -0.350 e. The third-order valence-corrected chi connectivity index (χ3v) is 7.76. The van der Waals surface area contributed by atoms with Gasteiger partial charge >= 0.3 is 0 Å². The molecule has 3 N–H and O–H groups in total. The molecule has 0 bridgehead atoms. The molecular formula is C30H30FN5O2. The number of amides is 1. The number of pyridine rings is 1. The van der Waals surface area contributed by atoms with Crippen LogP contribution < -0.4 is 10.6 Å². The molecule has 1 amide bonds. The van der Waals surface area contributed by atoms with Gasteiger partial charge in [0.1, 0.15) is 11.5 Å². The molecule has 38 heavy (non-hydrogen) atoms. The van der Waals surface area contributed by atoms with Crippen LogP contribution in [0.4, 0.5) is 10.2 Å². The van der Waals surface area contributed by atoms with Gasteiger partial charge in [0.15, 0.2) is 11.6 Å². The molecule has 3 heterocycles. The van der Waals surface area contributed by atoms with E-state index in [-0.39, 0.29) is 17.5 Å². The van der Waals surface area contributed by atoms with Crippen molar-refractivity contribution in [3.8, 4) is 11.1 Å². The number of fused-ring (bicyclic) bond motifs is 1. The molecule has 1 atom stereocenters. The lowest BCUT2D eigenvalue weighted by Gasteiger charge is -2.37. The molecular weight excluding hydrogens is 481 g/mol. The van der Waals surface area contributed by atoms with Crippen LogP contribution in [-0.2, 0) is 4.79 Å². The van der Waals surface area contributed by atoms with Crippen LogP contribution in [0.3, 0.4) is 0 Å². The highest BCUT2D eigenvalue weighted by atomic mass is 19.1. The van der Waals surface area contributed by atoms with Crippen LogP contribution in [0.15, 0.2) is 59.9 Å². The van der Waals surface area contributed by atoms with Crippen LogP contribution in [0, 0.1) is 17.2 Å². The second kappa shape index (κ2) is 9.35. The molecule has 1 saturated carbocycles. The number of anilines is 1. The van der Waals surface area contributed by atoms with E-state index in [1.807, 2.05) is 44.2 Å². The minimum atomic E-state index is -0.493. The third kappa shape index (κ3) is 4.55. The predicted octanol–water partition coefficient (Wildman–Crippen LogP) is 5.62. The number of aromatic nitrogens is 3. The van der Waals surface area contributed by atoms with E-state index in [9.17, 15) is 14.0 Å². The summed E-state index contributed by atoms with van der Waals surface area (Å²) in [6.07, 6.45) is 9.26. The number of H-pyrrole nitrogens is 1. The van der Waals surface area contributed by atoms with Crippen molar-refractivity contribution in [2.24, 2.45) is 11.3 Å². The van der Waals surface area contributed by atoms with Crippen LogP contribution in [0.25, 0.3) is 17.2 Å². The lowest BCUT2D eigenvalue weighted by molar-refractivity contribution is -0.124. The summed E-state index contributed by atoms with van der Waals surface area (Å²) in [5.74, 6) is 0.245. The van der Waals surface area contributed by atoms with Gasteiger partial charge in [0.2, 0.25) is 0 Å². The Morgan fingerprint density at radius 1 is 1.21 bits per heavy atom. The normalized spacial score (nSPS) is 20.2. The van der Waals surface area contributed by atoms with Crippen molar-refractivity contribution in [3.05, 3.63) is 82.7 Å². The number of nitrogens with zero attached hydrogens (tertiary/aromatic N) is 2. The van der Waals surface area contributed by atoms with E-state index in [0.29, 0.717) is 40.8 Å². The molecule has 8 heteroatoms. The predicted molar refractivity (Wildman–Crippen MR) is 144 cm³/mol. The van der Waals surface area contributed by atoms with Crippen molar-refractivity contribution in [1.29, 1.82) is 0 Å². The second-order valence-corrected chi connectivity index (χ2v) is 11.1. The fraction of sp³-hybridized carbons (Fsp3) is 0.333. The molecule has 1 aliphatic heterocycles. The first-order chi connectivity index (χ1) is 18.3. The van der Waals surface area contributed by atoms with Gasteiger partial charge in [0.05, 0.1) is 5.69 Å². The van der Waals surface area contributed by atoms with Crippen LogP contribution in [0.1, 0.15) is 67.2 Å². The lowest BCUT2D eigenvalue weighted by Crippen LogP contribution is -2.36. The topological polar surface area (TPSA) is 99.8 Å². The summed E-state index contributed by atoms with van der Waals surface area (Å²) >= 11 is 0. The molecule has 6 rings (SSSR count). The van der Waals surface area contributed by atoms with E-state index < -0.39 is 11.3 Å². The third-order valence-electron chi connectivity index (χ3n) is 7.76. The summed E-state index contributed by atoms with van der Waals surface area (Å²) in [7, 11) is 0. The van der Waals surface area contributed by atoms with Crippen molar-refractivity contribution < 1.29 is 14.0 Å². The summed E-state index contributed by atoms with van der Waals surface area (Å²) in [4.78, 5) is 31.3. The Morgan fingerprint density at radius 3 is 2.79 bits per heavy atom. The van der Waals surface area contributed by atoms with Gasteiger partial charge < -0.3 is 10.6 Å². The Morgan fingerprint density at radius 2 is 2.05 bits per heavy atom. The van der Waals surface area contributed by atoms with Crippen LogP contribution >= 0.6 is 0 Å². The largest absolute Gasteiger partial charge is 0.350 e. The van der Waals surface area contributed by atoms with Crippen molar-refractivity contribution in [1.82, 2.24) is 20.5 Å². The highest BCUT2D eigenvalue weighted by Gasteiger charge is 2.43. The Bertz CT molecular complexity index is 1480. The summed E-state index contributed by atoms with van der Waals surface area (Å²) in [5.41, 5.74) is 4.35. The summed E-state index contributed by atoms with van der Waals surface area (Å²) in [6, 6.07) is 10.1. The average Bonchev–Trinajstić information content (AvgIpc) is 3.65. The SMILES string of the molecule is CC1(C)CCC2=C(C1=O)C(/C=C/c1ccc(-c3cccc(F)c3)cn1)c1c(n[nH]c1C(=O)NCC1CC1)N2. The molecule has 1 fully saturated rings. The molecule has 194 valence electrons. The van der Waals surface area contributed by atoms with Crippen LogP contribution in [0.2, 0.25) is 0 Å². The molecule has 2 aliphatic carbocycles. The Kier molecular flexibility index (Phi) is 5.97. The van der Waals surface area contributed by atoms with E-state index in [1.54, 1.807) is 12.3 Å². The highest BCUT2D eigenvalue weighted by molar-refractivity contribution is 6.05. The highest BCUT2D eigenvalue weighted by Crippen LogP contribution is 2.47. The second-order valence-electron chi connectivity index (χ2n) is 11.1. The molecule has 3 aromatic rings. The number of aromatic amines is 1. The standard InChI is InChI=1S/C30H30FN5O2/c1-30(2)13-12-23-24(27(30)37)22(25-26(35-36-28(25)34-23)29(38)33-15-17-6-7-17)11-10-21-9-8-19(16-32-21)18-4-3-5-20(31)14-18/h3-5,8-11,14,16-17,22H,6-7,12-13,15H2,1-2H3,(H,33,38)(H2,34,35,36)/b11-10+. The van der Waals surface area contributed by atoms with Gasteiger partial charge in [-0.2, -0.15) is 5.10 Å². The Hall–Kier alpha value is -4.07. The summed E-state index contributed by atoms with van der Waals surface area (Å²) in [6.45, 7) is 4.59. The molecule has 7 nitrogen and oxygen atoms in total. The summed E-state index contributed by atoms with van der Waals surface area (Å²) < 4.78 is 13.7. The van der Waals surface area contributed by atoms with Crippen molar-refractivity contribution in [2.45, 2.75) is 45.4 Å². The van der Waals surface area contributed by atoms with Crippen molar-refractivity contribution >= 4 is 23.6 Å². The van der Waals surface area contributed by atoms with E-state index in [1.165, 1.54) is 12.1 Å². The number of carbonyl (C=O) groups excluding carboxylic acids is 2. The smallest absolute Gasteiger partial charge is 0.269 e. The van der Waals surface area contributed by atoms with E-state index in [4.69, 9.17) is 0 Å². The summed E-state index contributed by atoms with van der Waals surface area (Å²) in [5, 5.41) is 13.7. The number of benzene rings is 1. The Labute approximate surface area is 220 Å². The first kappa shape index (κ1) is 24.3. The maximum Gasteiger partial charge on any atom is 0.269 e. The number of rotatable bonds is 6. The van der Waals surface area contributed by atoms with Gasteiger partial charge in [-0.3, -0.25) is 19.7 Å². The molecule has 0 radical (unpaired) electrons. The van der Waals surface area contributed by atoms with Gasteiger partial charge in [0, 0.05) is 46.5 Å². The number of Topliss-reactive ketones (excluding diaryl/α,β-unsaturated/α-hetero) is 1. The molecule has 0 spiro atoms. The fourth-order valence-corrected chi connectivity index (χ4v) is 5.23. The molecule has 1 unspecified atom stereocenters. The first-order valence-electron chi connectivity index (χ1n) is 13.1. The maximum atomic E-state index is 13.7. The zero-order valence-corrected chi connectivity index (χ0v) is 21.5. The van der Waals surface area contributed by atoms with Gasteiger partial charge in [-0.05, 0) is 61.4 Å². The number of nitrogens with one attached hydrogen (secondary N) is 3. The number of ketones is 1. The van der Waals surface area contributed by atoms with Crippen molar-refractivity contribution in [3.63, 3.8) is 0 Å². The van der Waals surface area contributed by atoms with Crippen molar-refractivity contribution in [2.75, 3.05) is 11.9 Å². The van der Waals surface area contributed by atoms with Crippen LogP contribution in [-0.4, -0.2) is 33.4 Å². The maximum absolute atomic E-state index is 13.7. The van der Waals surface area contributed by atoms with Gasteiger partial charge in [-0.15, -0.1) is 0 Å². The average molecular weight is 512 g/mol.